The first-order chi connectivity index (χ1) is 12.6. The molecule has 0 atom stereocenters. The van der Waals surface area contributed by atoms with Crippen molar-refractivity contribution in [3.05, 3.63) is 59.3 Å². The lowest BCUT2D eigenvalue weighted by Gasteiger charge is -2.10. The Balaban J connectivity index is 1.75. The molecule has 3 rings (SSSR count). The molecule has 0 unspecified atom stereocenters. The summed E-state index contributed by atoms with van der Waals surface area (Å²) in [4.78, 5) is 12.5. The molecule has 0 aliphatic carbocycles. The fourth-order valence-electron chi connectivity index (χ4n) is 2.64. The van der Waals surface area contributed by atoms with E-state index in [1.165, 1.54) is 0 Å². The predicted molar refractivity (Wildman–Crippen MR) is 97.3 cm³/mol. The van der Waals surface area contributed by atoms with Crippen molar-refractivity contribution in [3.63, 3.8) is 0 Å². The number of nitrogens with one attached hydrogen (secondary N) is 2. The zero-order valence-electron chi connectivity index (χ0n) is 14.9. The minimum atomic E-state index is -0.301. The van der Waals surface area contributed by atoms with Gasteiger partial charge in [0, 0.05) is 12.1 Å². The van der Waals surface area contributed by atoms with Crippen LogP contribution >= 0.6 is 0 Å². The Kier molecular flexibility index (Phi) is 5.17. The number of carbonyl (C=O) groups excluding carboxylic acids is 1. The van der Waals surface area contributed by atoms with Gasteiger partial charge in [-0.2, -0.15) is 15.4 Å². The van der Waals surface area contributed by atoms with E-state index in [-0.39, 0.29) is 11.6 Å². The summed E-state index contributed by atoms with van der Waals surface area (Å²) >= 11 is 0. The van der Waals surface area contributed by atoms with E-state index >= 15 is 0 Å². The molecule has 7 nitrogen and oxygen atoms in total. The van der Waals surface area contributed by atoms with Crippen molar-refractivity contribution in [3.8, 4) is 22.8 Å². The lowest BCUT2D eigenvalue weighted by atomic mass is 10.1. The van der Waals surface area contributed by atoms with Gasteiger partial charge in [-0.25, -0.2) is 0 Å². The van der Waals surface area contributed by atoms with E-state index in [2.05, 4.69) is 20.7 Å². The van der Waals surface area contributed by atoms with Crippen LogP contribution in [0.3, 0.4) is 0 Å². The second-order valence-electron chi connectivity index (χ2n) is 5.76. The number of methoxy groups -OCH3 is 2. The van der Waals surface area contributed by atoms with Crippen LogP contribution in [0.2, 0.25) is 0 Å². The third-order valence-electron chi connectivity index (χ3n) is 3.96. The second kappa shape index (κ2) is 7.69. The molecule has 0 saturated carbocycles. The number of ether oxygens (including phenoxy) is 2. The first kappa shape index (κ1) is 17.5. The van der Waals surface area contributed by atoms with Gasteiger partial charge in [-0.15, -0.1) is 0 Å². The maximum absolute atomic E-state index is 12.5. The maximum Gasteiger partial charge on any atom is 0.274 e. The summed E-state index contributed by atoms with van der Waals surface area (Å²) in [6, 6.07) is 13.3. The van der Waals surface area contributed by atoms with Crippen LogP contribution in [0.15, 0.2) is 42.5 Å². The Bertz CT molecular complexity index is 921. The summed E-state index contributed by atoms with van der Waals surface area (Å²) in [5.41, 5.74) is 3.60. The van der Waals surface area contributed by atoms with Crippen molar-refractivity contribution in [2.45, 2.75) is 13.5 Å². The topological polar surface area (TPSA) is 89.1 Å². The van der Waals surface area contributed by atoms with Crippen LogP contribution in [0.4, 0.5) is 0 Å². The number of aryl methyl sites for hydroxylation is 1. The van der Waals surface area contributed by atoms with Crippen LogP contribution in [0.1, 0.15) is 21.6 Å². The molecule has 0 fully saturated rings. The average molecular weight is 352 g/mol. The third kappa shape index (κ3) is 3.66. The molecule has 1 aromatic heterocycles. The molecule has 134 valence electrons. The summed E-state index contributed by atoms with van der Waals surface area (Å²) < 4.78 is 10.5. The SMILES string of the molecule is COc1ccc(CNC(=O)c2n[nH]nc2-c2cccc(C)c2)cc1OC. The highest BCUT2D eigenvalue weighted by Gasteiger charge is 2.18. The Hall–Kier alpha value is -3.35. The highest BCUT2D eigenvalue weighted by atomic mass is 16.5. The van der Waals surface area contributed by atoms with E-state index < -0.39 is 0 Å². The van der Waals surface area contributed by atoms with Crippen LogP contribution in [-0.2, 0) is 6.54 Å². The second-order valence-corrected chi connectivity index (χ2v) is 5.76. The van der Waals surface area contributed by atoms with Crippen LogP contribution < -0.4 is 14.8 Å². The number of aromatic nitrogens is 3. The summed E-state index contributed by atoms with van der Waals surface area (Å²) in [6.45, 7) is 2.32. The van der Waals surface area contributed by atoms with Gasteiger partial charge in [0.1, 0.15) is 5.69 Å². The standard InChI is InChI=1S/C19H20N4O3/c1-12-5-4-6-14(9-12)17-18(22-23-21-17)19(24)20-11-13-7-8-15(25-2)16(10-13)26-3/h4-10H,11H2,1-3H3,(H,20,24)(H,21,22,23). The number of hydrogen-bond donors (Lipinski definition) is 2. The highest BCUT2D eigenvalue weighted by molar-refractivity contribution is 5.97. The Morgan fingerprint density at radius 3 is 2.62 bits per heavy atom. The molecule has 0 aliphatic heterocycles. The van der Waals surface area contributed by atoms with E-state index in [1.807, 2.05) is 43.3 Å². The number of H-pyrrole nitrogens is 1. The molecule has 3 aromatic rings. The van der Waals surface area contributed by atoms with Crippen molar-refractivity contribution >= 4 is 5.91 Å². The molecule has 1 heterocycles. The van der Waals surface area contributed by atoms with Gasteiger partial charge in [0.25, 0.3) is 5.91 Å². The zero-order valence-corrected chi connectivity index (χ0v) is 14.9. The number of amides is 1. The summed E-state index contributed by atoms with van der Waals surface area (Å²) in [5.74, 6) is 0.951. The normalized spacial score (nSPS) is 10.4. The van der Waals surface area contributed by atoms with Crippen molar-refractivity contribution in [1.82, 2.24) is 20.7 Å². The van der Waals surface area contributed by atoms with E-state index in [0.29, 0.717) is 23.7 Å². The number of aromatic amines is 1. The number of hydrogen-bond acceptors (Lipinski definition) is 5. The van der Waals surface area contributed by atoms with Crippen molar-refractivity contribution in [1.29, 1.82) is 0 Å². The van der Waals surface area contributed by atoms with Gasteiger partial charge in [0.15, 0.2) is 17.2 Å². The number of benzene rings is 2. The summed E-state index contributed by atoms with van der Waals surface area (Å²) in [7, 11) is 3.15. The molecule has 7 heteroatoms. The molecular formula is C19H20N4O3. The lowest BCUT2D eigenvalue weighted by molar-refractivity contribution is 0.0946. The zero-order chi connectivity index (χ0) is 18.5. The molecule has 0 spiro atoms. The number of carbonyl (C=O) groups is 1. The van der Waals surface area contributed by atoms with Crippen LogP contribution in [0.5, 0.6) is 11.5 Å². The van der Waals surface area contributed by atoms with Gasteiger partial charge in [-0.3, -0.25) is 4.79 Å². The van der Waals surface area contributed by atoms with Gasteiger partial charge in [0.2, 0.25) is 0 Å². The Morgan fingerprint density at radius 2 is 1.88 bits per heavy atom. The van der Waals surface area contributed by atoms with Gasteiger partial charge in [-0.1, -0.05) is 29.8 Å². The van der Waals surface area contributed by atoms with Crippen LogP contribution in [0.25, 0.3) is 11.3 Å². The molecule has 0 bridgehead atoms. The average Bonchev–Trinajstić information content (AvgIpc) is 3.15. The van der Waals surface area contributed by atoms with Gasteiger partial charge < -0.3 is 14.8 Å². The first-order valence-electron chi connectivity index (χ1n) is 8.09. The molecule has 1 amide bonds. The van der Waals surface area contributed by atoms with Crippen LogP contribution in [-0.4, -0.2) is 35.5 Å². The minimum absolute atomic E-state index is 0.260. The molecule has 0 aliphatic rings. The van der Waals surface area contributed by atoms with Gasteiger partial charge in [-0.05, 0) is 30.7 Å². The number of rotatable bonds is 6. The number of nitrogens with zero attached hydrogens (tertiary/aromatic N) is 2. The van der Waals surface area contributed by atoms with Gasteiger partial charge >= 0.3 is 0 Å². The van der Waals surface area contributed by atoms with Crippen LogP contribution in [0, 0.1) is 6.92 Å². The largest absolute Gasteiger partial charge is 0.493 e. The van der Waals surface area contributed by atoms with Crippen molar-refractivity contribution < 1.29 is 14.3 Å². The monoisotopic (exact) mass is 352 g/mol. The van der Waals surface area contributed by atoms with E-state index in [4.69, 9.17) is 9.47 Å². The minimum Gasteiger partial charge on any atom is -0.493 e. The maximum atomic E-state index is 12.5. The predicted octanol–water partition coefficient (Wildman–Crippen LogP) is 2.73. The van der Waals surface area contributed by atoms with Crippen molar-refractivity contribution in [2.75, 3.05) is 14.2 Å². The Labute approximate surface area is 151 Å². The Morgan fingerprint density at radius 1 is 1.08 bits per heavy atom. The van der Waals surface area contributed by atoms with Gasteiger partial charge in [0.05, 0.1) is 14.2 Å². The van der Waals surface area contributed by atoms with Crippen molar-refractivity contribution in [2.24, 2.45) is 0 Å². The fourth-order valence-corrected chi connectivity index (χ4v) is 2.64. The quantitative estimate of drug-likeness (QED) is 0.712. The third-order valence-corrected chi connectivity index (χ3v) is 3.96. The molecule has 26 heavy (non-hydrogen) atoms. The molecule has 2 N–H and O–H groups in total. The summed E-state index contributed by atoms with van der Waals surface area (Å²) in [6.07, 6.45) is 0. The summed E-state index contributed by atoms with van der Waals surface area (Å²) in [5, 5.41) is 13.5. The molecule has 0 saturated heterocycles. The van der Waals surface area contributed by atoms with E-state index in [1.54, 1.807) is 20.3 Å². The smallest absolute Gasteiger partial charge is 0.274 e. The molecular weight excluding hydrogens is 332 g/mol. The molecule has 0 radical (unpaired) electrons. The van der Waals surface area contributed by atoms with E-state index in [0.717, 1.165) is 16.7 Å². The first-order valence-corrected chi connectivity index (χ1v) is 8.09. The van der Waals surface area contributed by atoms with E-state index in [9.17, 15) is 4.79 Å². The lowest BCUT2D eigenvalue weighted by Crippen LogP contribution is -2.23. The highest BCUT2D eigenvalue weighted by Crippen LogP contribution is 2.27. The molecule has 2 aromatic carbocycles. The fraction of sp³-hybridized carbons (Fsp3) is 0.211.